The number of pyridine rings is 1. The van der Waals surface area contributed by atoms with Crippen molar-refractivity contribution in [2.24, 2.45) is 0 Å². The molecular formula is C20H17ClN4O2. The van der Waals surface area contributed by atoms with E-state index >= 15 is 0 Å². The quantitative estimate of drug-likeness (QED) is 0.599. The van der Waals surface area contributed by atoms with Crippen LogP contribution in [0.15, 0.2) is 66.9 Å². The van der Waals surface area contributed by atoms with Crippen molar-refractivity contribution in [3.63, 3.8) is 0 Å². The first-order chi connectivity index (χ1) is 13.0. The Morgan fingerprint density at radius 2 is 1.44 bits per heavy atom. The molecule has 3 N–H and O–H groups in total. The Labute approximate surface area is 161 Å². The van der Waals surface area contributed by atoms with E-state index in [-0.39, 0.29) is 11.8 Å². The molecule has 3 rings (SSSR count). The van der Waals surface area contributed by atoms with Gasteiger partial charge in [-0.1, -0.05) is 11.6 Å². The van der Waals surface area contributed by atoms with Crippen LogP contribution in [0, 0.1) is 0 Å². The topological polar surface area (TPSA) is 83.1 Å². The summed E-state index contributed by atoms with van der Waals surface area (Å²) in [5.74, 6) is 0.281. The molecule has 6 nitrogen and oxygen atoms in total. The van der Waals surface area contributed by atoms with E-state index in [0.717, 1.165) is 11.4 Å². The molecule has 0 bridgehead atoms. The summed E-state index contributed by atoms with van der Waals surface area (Å²) >= 11 is 5.82. The molecule has 0 aliphatic rings. The van der Waals surface area contributed by atoms with E-state index in [4.69, 9.17) is 11.6 Å². The fourth-order valence-electron chi connectivity index (χ4n) is 2.33. The molecule has 0 atom stereocenters. The van der Waals surface area contributed by atoms with Crippen LogP contribution in [0.5, 0.6) is 0 Å². The third kappa shape index (κ3) is 5.29. The number of benzene rings is 2. The highest BCUT2D eigenvalue weighted by molar-refractivity contribution is 6.30. The smallest absolute Gasteiger partial charge is 0.255 e. The normalized spacial score (nSPS) is 10.1. The molecule has 0 fully saturated rings. The van der Waals surface area contributed by atoms with Gasteiger partial charge in [0.15, 0.2) is 0 Å². The lowest BCUT2D eigenvalue weighted by Gasteiger charge is -2.09. The van der Waals surface area contributed by atoms with E-state index in [1.807, 2.05) is 12.1 Å². The van der Waals surface area contributed by atoms with Gasteiger partial charge in [0.25, 0.3) is 5.91 Å². The SMILES string of the molecule is CC(=O)Nc1ccc(Nc2ccc(NC(=O)c3ccc(Cl)cc3)cn2)cc1. The number of nitrogens with zero attached hydrogens (tertiary/aromatic N) is 1. The maximum Gasteiger partial charge on any atom is 0.255 e. The number of nitrogens with one attached hydrogen (secondary N) is 3. The van der Waals surface area contributed by atoms with Crippen molar-refractivity contribution in [3.05, 3.63) is 77.4 Å². The van der Waals surface area contributed by atoms with Gasteiger partial charge in [-0.3, -0.25) is 9.59 Å². The van der Waals surface area contributed by atoms with Crippen LogP contribution < -0.4 is 16.0 Å². The van der Waals surface area contributed by atoms with Gasteiger partial charge in [-0.15, -0.1) is 0 Å². The summed E-state index contributed by atoms with van der Waals surface area (Å²) in [6.07, 6.45) is 1.57. The first-order valence-corrected chi connectivity index (χ1v) is 8.55. The molecule has 0 aliphatic heterocycles. The number of rotatable bonds is 5. The second kappa shape index (κ2) is 8.33. The summed E-state index contributed by atoms with van der Waals surface area (Å²) in [5, 5.41) is 9.22. The molecule has 3 aromatic rings. The molecule has 136 valence electrons. The van der Waals surface area contributed by atoms with E-state index in [1.54, 1.807) is 54.7 Å². The first-order valence-electron chi connectivity index (χ1n) is 8.17. The van der Waals surface area contributed by atoms with Crippen LogP contribution in [0.25, 0.3) is 0 Å². The number of hydrogen-bond donors (Lipinski definition) is 3. The van der Waals surface area contributed by atoms with Gasteiger partial charge in [-0.05, 0) is 60.7 Å². The molecule has 0 saturated heterocycles. The Bertz CT molecular complexity index is 939. The second-order valence-electron chi connectivity index (χ2n) is 5.78. The van der Waals surface area contributed by atoms with Gasteiger partial charge in [0.05, 0.1) is 11.9 Å². The maximum absolute atomic E-state index is 12.2. The lowest BCUT2D eigenvalue weighted by molar-refractivity contribution is -0.114. The highest BCUT2D eigenvalue weighted by Crippen LogP contribution is 2.19. The predicted molar refractivity (Wildman–Crippen MR) is 108 cm³/mol. The molecule has 2 amide bonds. The summed E-state index contributed by atoms with van der Waals surface area (Å²) in [6.45, 7) is 1.46. The number of amides is 2. The molecule has 7 heteroatoms. The van der Waals surface area contributed by atoms with Gasteiger partial charge < -0.3 is 16.0 Å². The summed E-state index contributed by atoms with van der Waals surface area (Å²) in [4.78, 5) is 27.5. The largest absolute Gasteiger partial charge is 0.340 e. The second-order valence-corrected chi connectivity index (χ2v) is 6.21. The van der Waals surface area contributed by atoms with E-state index in [9.17, 15) is 9.59 Å². The lowest BCUT2D eigenvalue weighted by atomic mass is 10.2. The van der Waals surface area contributed by atoms with Crippen molar-refractivity contribution < 1.29 is 9.59 Å². The summed E-state index contributed by atoms with van der Waals surface area (Å²) in [6, 6.07) is 17.4. The number of carbonyl (C=O) groups is 2. The van der Waals surface area contributed by atoms with Crippen LogP contribution in [0.4, 0.5) is 22.9 Å². The van der Waals surface area contributed by atoms with Crippen molar-refractivity contribution in [3.8, 4) is 0 Å². The minimum Gasteiger partial charge on any atom is -0.340 e. The number of halogens is 1. The molecule has 1 heterocycles. The first kappa shape index (κ1) is 18.4. The van der Waals surface area contributed by atoms with Gasteiger partial charge >= 0.3 is 0 Å². The number of carbonyl (C=O) groups excluding carboxylic acids is 2. The Hall–Kier alpha value is -3.38. The molecule has 1 aromatic heterocycles. The van der Waals surface area contributed by atoms with Crippen molar-refractivity contribution in [1.82, 2.24) is 4.98 Å². The Kier molecular flexibility index (Phi) is 5.68. The fourth-order valence-corrected chi connectivity index (χ4v) is 2.46. The van der Waals surface area contributed by atoms with E-state index < -0.39 is 0 Å². The van der Waals surface area contributed by atoms with Gasteiger partial charge in [0.2, 0.25) is 5.91 Å². The molecule has 0 spiro atoms. The maximum atomic E-state index is 12.2. The molecule has 0 saturated carbocycles. The molecule has 2 aromatic carbocycles. The standard InChI is InChI=1S/C20H17ClN4O2/c1-13(26)23-16-6-8-17(9-7-16)24-19-11-10-18(12-22-19)25-20(27)14-2-4-15(21)5-3-14/h2-12H,1H3,(H,22,24)(H,23,26)(H,25,27). The predicted octanol–water partition coefficient (Wildman–Crippen LogP) is 4.69. The third-order valence-electron chi connectivity index (χ3n) is 3.61. The van der Waals surface area contributed by atoms with Crippen LogP contribution in [0.2, 0.25) is 5.02 Å². The minimum absolute atomic E-state index is 0.117. The van der Waals surface area contributed by atoms with Crippen molar-refractivity contribution in [1.29, 1.82) is 0 Å². The zero-order valence-corrected chi connectivity index (χ0v) is 15.2. The molecule has 0 unspecified atom stereocenters. The highest BCUT2D eigenvalue weighted by atomic mass is 35.5. The lowest BCUT2D eigenvalue weighted by Crippen LogP contribution is -2.11. The molecule has 27 heavy (non-hydrogen) atoms. The number of anilines is 4. The molecule has 0 aliphatic carbocycles. The van der Waals surface area contributed by atoms with Crippen molar-refractivity contribution in [2.75, 3.05) is 16.0 Å². The minimum atomic E-state index is -0.234. The van der Waals surface area contributed by atoms with E-state index in [0.29, 0.717) is 22.1 Å². The summed E-state index contributed by atoms with van der Waals surface area (Å²) in [5.41, 5.74) is 2.65. The Balaban J connectivity index is 1.60. The van der Waals surface area contributed by atoms with Crippen LogP contribution in [0.3, 0.4) is 0 Å². The highest BCUT2D eigenvalue weighted by Gasteiger charge is 2.06. The van der Waals surface area contributed by atoms with Crippen LogP contribution in [-0.4, -0.2) is 16.8 Å². The van der Waals surface area contributed by atoms with Crippen LogP contribution >= 0.6 is 11.6 Å². The van der Waals surface area contributed by atoms with Crippen LogP contribution in [0.1, 0.15) is 17.3 Å². The van der Waals surface area contributed by atoms with Gasteiger partial charge in [0.1, 0.15) is 5.82 Å². The monoisotopic (exact) mass is 380 g/mol. The van der Waals surface area contributed by atoms with Gasteiger partial charge in [-0.2, -0.15) is 0 Å². The molecule has 0 radical (unpaired) electrons. The third-order valence-corrected chi connectivity index (χ3v) is 3.86. The van der Waals surface area contributed by atoms with Gasteiger partial charge in [-0.25, -0.2) is 4.98 Å². The zero-order valence-electron chi connectivity index (χ0n) is 14.5. The Morgan fingerprint density at radius 1 is 0.815 bits per heavy atom. The van der Waals surface area contributed by atoms with Crippen LogP contribution in [-0.2, 0) is 4.79 Å². The van der Waals surface area contributed by atoms with Crippen molar-refractivity contribution >= 4 is 46.3 Å². The van der Waals surface area contributed by atoms with E-state index in [1.165, 1.54) is 6.92 Å². The van der Waals surface area contributed by atoms with Gasteiger partial charge in [0, 0.05) is 28.9 Å². The zero-order chi connectivity index (χ0) is 19.2. The van der Waals surface area contributed by atoms with E-state index in [2.05, 4.69) is 20.9 Å². The summed E-state index contributed by atoms with van der Waals surface area (Å²) in [7, 11) is 0. The number of aromatic nitrogens is 1. The van der Waals surface area contributed by atoms with Crippen molar-refractivity contribution in [2.45, 2.75) is 6.92 Å². The Morgan fingerprint density at radius 3 is 2.04 bits per heavy atom. The number of hydrogen-bond acceptors (Lipinski definition) is 4. The summed E-state index contributed by atoms with van der Waals surface area (Å²) < 4.78 is 0. The fraction of sp³-hybridized carbons (Fsp3) is 0.0500. The average Bonchev–Trinajstić information content (AvgIpc) is 2.65. The molecular weight excluding hydrogens is 364 g/mol. The average molecular weight is 381 g/mol.